The van der Waals surface area contributed by atoms with Gasteiger partial charge < -0.3 is 11.1 Å². The van der Waals surface area contributed by atoms with Gasteiger partial charge in [-0.15, -0.1) is 0 Å². The molecular formula is C13H16N4O. The van der Waals surface area contributed by atoms with E-state index in [0.717, 1.165) is 16.8 Å². The summed E-state index contributed by atoms with van der Waals surface area (Å²) in [6.45, 7) is 5.78. The van der Waals surface area contributed by atoms with Crippen molar-refractivity contribution in [2.75, 3.05) is 11.1 Å². The minimum atomic E-state index is -0.212. The van der Waals surface area contributed by atoms with Crippen LogP contribution in [0.4, 0.5) is 11.5 Å². The summed E-state index contributed by atoms with van der Waals surface area (Å²) >= 11 is 0. The Bertz CT molecular complexity index is 601. The van der Waals surface area contributed by atoms with Gasteiger partial charge in [-0.1, -0.05) is 6.07 Å². The van der Waals surface area contributed by atoms with E-state index in [4.69, 9.17) is 5.73 Å². The van der Waals surface area contributed by atoms with Gasteiger partial charge in [-0.25, -0.2) is 0 Å². The van der Waals surface area contributed by atoms with Crippen LogP contribution in [-0.4, -0.2) is 16.1 Å². The number of anilines is 2. The normalized spacial score (nSPS) is 10.4. The highest BCUT2D eigenvalue weighted by molar-refractivity contribution is 6.05. The lowest BCUT2D eigenvalue weighted by Gasteiger charge is -2.05. The number of H-pyrrole nitrogens is 1. The topological polar surface area (TPSA) is 83.8 Å². The summed E-state index contributed by atoms with van der Waals surface area (Å²) in [5, 5.41) is 9.35. The molecule has 0 aliphatic carbocycles. The van der Waals surface area contributed by atoms with Crippen LogP contribution >= 0.6 is 0 Å². The van der Waals surface area contributed by atoms with Crippen molar-refractivity contribution in [3.05, 3.63) is 40.6 Å². The zero-order valence-corrected chi connectivity index (χ0v) is 10.7. The molecule has 0 bridgehead atoms. The molecule has 1 heterocycles. The van der Waals surface area contributed by atoms with Crippen molar-refractivity contribution in [2.24, 2.45) is 0 Å². The van der Waals surface area contributed by atoms with Crippen LogP contribution in [-0.2, 0) is 0 Å². The smallest absolute Gasteiger partial charge is 0.256 e. The number of hydrogen-bond acceptors (Lipinski definition) is 3. The van der Waals surface area contributed by atoms with E-state index in [0.29, 0.717) is 17.1 Å². The van der Waals surface area contributed by atoms with Crippen molar-refractivity contribution in [2.45, 2.75) is 20.8 Å². The fraction of sp³-hybridized carbons (Fsp3) is 0.231. The Labute approximate surface area is 105 Å². The molecule has 18 heavy (non-hydrogen) atoms. The predicted molar refractivity (Wildman–Crippen MR) is 71.6 cm³/mol. The Morgan fingerprint density at radius 2 is 2.00 bits per heavy atom. The number of aromatic nitrogens is 2. The molecule has 0 saturated carbocycles. The second-order valence-corrected chi connectivity index (χ2v) is 4.36. The largest absolute Gasteiger partial charge is 0.394 e. The Morgan fingerprint density at radius 3 is 2.56 bits per heavy atom. The van der Waals surface area contributed by atoms with E-state index in [1.807, 2.05) is 26.0 Å². The lowest BCUT2D eigenvalue weighted by atomic mass is 10.1. The second-order valence-electron chi connectivity index (χ2n) is 4.36. The number of nitrogens with zero attached hydrogens (tertiary/aromatic N) is 1. The maximum absolute atomic E-state index is 12.0. The molecule has 0 aliphatic heterocycles. The van der Waals surface area contributed by atoms with Gasteiger partial charge in [0.25, 0.3) is 5.91 Å². The molecule has 0 spiro atoms. The molecule has 5 heteroatoms. The van der Waals surface area contributed by atoms with Crippen LogP contribution in [0.2, 0.25) is 0 Å². The maximum Gasteiger partial charge on any atom is 0.256 e. The van der Waals surface area contributed by atoms with E-state index in [2.05, 4.69) is 15.5 Å². The van der Waals surface area contributed by atoms with Crippen molar-refractivity contribution >= 4 is 17.4 Å². The van der Waals surface area contributed by atoms with Gasteiger partial charge >= 0.3 is 0 Å². The van der Waals surface area contributed by atoms with Crippen molar-refractivity contribution < 1.29 is 4.79 Å². The van der Waals surface area contributed by atoms with Gasteiger partial charge in [0.05, 0.1) is 11.4 Å². The summed E-state index contributed by atoms with van der Waals surface area (Å²) in [5.74, 6) is 0.159. The molecule has 4 N–H and O–H groups in total. The highest BCUT2D eigenvalue weighted by Gasteiger charge is 2.12. The van der Waals surface area contributed by atoms with E-state index in [-0.39, 0.29) is 5.91 Å². The number of nitrogen functional groups attached to an aromatic ring is 1. The van der Waals surface area contributed by atoms with Crippen LogP contribution in [0.25, 0.3) is 0 Å². The van der Waals surface area contributed by atoms with Crippen LogP contribution in [0.1, 0.15) is 27.2 Å². The van der Waals surface area contributed by atoms with Crippen molar-refractivity contribution in [3.63, 3.8) is 0 Å². The fourth-order valence-corrected chi connectivity index (χ4v) is 1.60. The van der Waals surface area contributed by atoms with E-state index in [1.54, 1.807) is 13.0 Å². The average Bonchev–Trinajstić information content (AvgIpc) is 2.64. The van der Waals surface area contributed by atoms with Gasteiger partial charge in [-0.05, 0) is 44.0 Å². The molecule has 0 aliphatic rings. The summed E-state index contributed by atoms with van der Waals surface area (Å²) in [6.07, 6.45) is 0. The van der Waals surface area contributed by atoms with Gasteiger partial charge in [-0.3, -0.25) is 9.89 Å². The highest BCUT2D eigenvalue weighted by atomic mass is 16.1. The molecule has 1 aromatic heterocycles. The van der Waals surface area contributed by atoms with Crippen LogP contribution in [0.5, 0.6) is 0 Å². The summed E-state index contributed by atoms with van der Waals surface area (Å²) in [7, 11) is 0. The SMILES string of the molecule is Cc1ccc(C(=O)Nc2n[nH]c(C)c2N)cc1C. The molecule has 0 saturated heterocycles. The number of rotatable bonds is 2. The summed E-state index contributed by atoms with van der Waals surface area (Å²) < 4.78 is 0. The molecular weight excluding hydrogens is 228 g/mol. The van der Waals surface area contributed by atoms with Crippen LogP contribution in [0.3, 0.4) is 0 Å². The molecule has 0 unspecified atom stereocenters. The number of carbonyl (C=O) groups is 1. The standard InChI is InChI=1S/C13H16N4O/c1-7-4-5-10(6-8(7)2)13(18)15-12-11(14)9(3)16-17-12/h4-6H,14H2,1-3H3,(H2,15,16,17,18). The molecule has 2 aromatic rings. The molecule has 0 radical (unpaired) electrons. The first-order valence-electron chi connectivity index (χ1n) is 5.68. The van der Waals surface area contributed by atoms with Crippen LogP contribution < -0.4 is 11.1 Å². The van der Waals surface area contributed by atoms with E-state index in [9.17, 15) is 4.79 Å². The van der Waals surface area contributed by atoms with E-state index < -0.39 is 0 Å². The second kappa shape index (κ2) is 4.52. The number of amides is 1. The third-order valence-electron chi connectivity index (χ3n) is 3.00. The first-order chi connectivity index (χ1) is 8.49. The van der Waals surface area contributed by atoms with Crippen LogP contribution in [0.15, 0.2) is 18.2 Å². The number of aromatic amines is 1. The molecule has 0 atom stereocenters. The lowest BCUT2D eigenvalue weighted by molar-refractivity contribution is 0.102. The van der Waals surface area contributed by atoms with E-state index in [1.165, 1.54) is 0 Å². The minimum absolute atomic E-state index is 0.212. The quantitative estimate of drug-likeness (QED) is 0.757. The highest BCUT2D eigenvalue weighted by Crippen LogP contribution is 2.19. The van der Waals surface area contributed by atoms with Gasteiger partial charge in [0.2, 0.25) is 0 Å². The first kappa shape index (κ1) is 12.2. The Morgan fingerprint density at radius 1 is 1.28 bits per heavy atom. The van der Waals surface area contributed by atoms with Gasteiger partial charge in [0.15, 0.2) is 5.82 Å². The van der Waals surface area contributed by atoms with Gasteiger partial charge in [0.1, 0.15) is 0 Å². The monoisotopic (exact) mass is 244 g/mol. The Hall–Kier alpha value is -2.30. The summed E-state index contributed by atoms with van der Waals surface area (Å²) in [4.78, 5) is 12.0. The van der Waals surface area contributed by atoms with Crippen LogP contribution in [0, 0.1) is 20.8 Å². The minimum Gasteiger partial charge on any atom is -0.394 e. The number of carbonyl (C=O) groups excluding carboxylic acids is 1. The fourth-order valence-electron chi connectivity index (χ4n) is 1.60. The van der Waals surface area contributed by atoms with Crippen molar-refractivity contribution in [1.29, 1.82) is 0 Å². The number of nitrogens with one attached hydrogen (secondary N) is 2. The maximum atomic E-state index is 12.0. The molecule has 94 valence electrons. The Balaban J connectivity index is 2.22. The lowest BCUT2D eigenvalue weighted by Crippen LogP contribution is -2.13. The molecule has 1 aromatic carbocycles. The van der Waals surface area contributed by atoms with Crippen molar-refractivity contribution in [3.8, 4) is 0 Å². The third kappa shape index (κ3) is 2.20. The average molecular weight is 244 g/mol. The van der Waals surface area contributed by atoms with Crippen molar-refractivity contribution in [1.82, 2.24) is 10.2 Å². The van der Waals surface area contributed by atoms with E-state index >= 15 is 0 Å². The first-order valence-corrected chi connectivity index (χ1v) is 5.68. The van der Waals surface area contributed by atoms with Gasteiger partial charge in [0, 0.05) is 5.56 Å². The molecule has 0 fully saturated rings. The predicted octanol–water partition coefficient (Wildman–Crippen LogP) is 2.17. The zero-order valence-electron chi connectivity index (χ0n) is 10.7. The number of aryl methyl sites for hydroxylation is 3. The third-order valence-corrected chi connectivity index (χ3v) is 3.00. The summed E-state index contributed by atoms with van der Waals surface area (Å²) in [6, 6.07) is 5.55. The molecule has 2 rings (SSSR count). The molecule has 5 nitrogen and oxygen atoms in total. The number of hydrogen-bond donors (Lipinski definition) is 3. The Kier molecular flexibility index (Phi) is 3.06. The zero-order chi connectivity index (χ0) is 13.3. The molecule has 1 amide bonds. The number of benzene rings is 1. The summed E-state index contributed by atoms with van der Waals surface area (Å²) in [5.41, 5.74) is 9.81. The number of nitrogens with two attached hydrogens (primary N) is 1. The van der Waals surface area contributed by atoms with Gasteiger partial charge in [-0.2, -0.15) is 5.10 Å².